The summed E-state index contributed by atoms with van der Waals surface area (Å²) in [4.78, 5) is 0. The third-order valence-corrected chi connectivity index (χ3v) is 6.04. The molecule has 0 saturated carbocycles. The first-order chi connectivity index (χ1) is 14.5. The number of para-hydroxylation sites is 1. The van der Waals surface area contributed by atoms with Crippen LogP contribution < -0.4 is 4.57 Å². The van der Waals surface area contributed by atoms with Crippen LogP contribution in [0.15, 0.2) is 83.4 Å². The van der Waals surface area contributed by atoms with Gasteiger partial charge in [-0.05, 0) is 30.0 Å². The molecule has 0 fully saturated rings. The van der Waals surface area contributed by atoms with Crippen molar-refractivity contribution < 1.29 is 8.98 Å². The first-order valence-corrected chi connectivity index (χ1v) is 10.5. The largest absolute Gasteiger partial charge is 0.454 e. The Morgan fingerprint density at radius 3 is 2.27 bits per heavy atom. The fraction of sp³-hybridized carbons (Fsp3) is 0.179. The molecule has 2 heteroatoms. The molecule has 0 aliphatic heterocycles. The summed E-state index contributed by atoms with van der Waals surface area (Å²) in [6.07, 6.45) is 2.23. The topological polar surface area (TPSA) is 17.0 Å². The number of benzene rings is 3. The summed E-state index contributed by atoms with van der Waals surface area (Å²) < 4.78 is 8.85. The highest BCUT2D eigenvalue weighted by atomic mass is 16.3. The first-order valence-electron chi connectivity index (χ1n) is 10.5. The lowest BCUT2D eigenvalue weighted by Gasteiger charge is -2.08. The third kappa shape index (κ3) is 2.91. The van der Waals surface area contributed by atoms with Gasteiger partial charge in [-0.3, -0.25) is 0 Å². The van der Waals surface area contributed by atoms with Crippen LogP contribution in [0.5, 0.6) is 0 Å². The molecule has 0 unspecified atom stereocenters. The fourth-order valence-electron chi connectivity index (χ4n) is 4.35. The molecule has 0 amide bonds. The van der Waals surface area contributed by atoms with Gasteiger partial charge in [-0.25, -0.2) is 4.57 Å². The maximum absolute atomic E-state index is 6.62. The molecule has 5 rings (SSSR count). The van der Waals surface area contributed by atoms with E-state index < -0.39 is 0 Å². The zero-order chi connectivity index (χ0) is 20.8. The van der Waals surface area contributed by atoms with Gasteiger partial charge in [0, 0.05) is 28.0 Å². The maximum atomic E-state index is 6.62. The van der Waals surface area contributed by atoms with Crippen LogP contribution in [0.3, 0.4) is 0 Å². The number of fused-ring (bicyclic) bond motifs is 3. The van der Waals surface area contributed by atoms with Gasteiger partial charge in [0.25, 0.3) is 0 Å². The molecule has 0 spiro atoms. The number of aryl methyl sites for hydroxylation is 2. The van der Waals surface area contributed by atoms with Crippen molar-refractivity contribution in [2.45, 2.75) is 26.7 Å². The lowest BCUT2D eigenvalue weighted by molar-refractivity contribution is -0.660. The number of aromatic nitrogens is 1. The Kier molecular flexibility index (Phi) is 4.43. The van der Waals surface area contributed by atoms with Gasteiger partial charge in [0.05, 0.1) is 5.56 Å². The number of hydrogen-bond acceptors (Lipinski definition) is 1. The first kappa shape index (κ1) is 18.6. The van der Waals surface area contributed by atoms with E-state index in [1.807, 2.05) is 6.07 Å². The van der Waals surface area contributed by atoms with E-state index in [0.717, 1.165) is 27.5 Å². The van der Waals surface area contributed by atoms with Gasteiger partial charge in [-0.15, -0.1) is 0 Å². The summed E-state index contributed by atoms with van der Waals surface area (Å²) in [6, 6.07) is 25.7. The molecule has 148 valence electrons. The molecule has 0 aliphatic carbocycles. The zero-order valence-corrected chi connectivity index (χ0v) is 17.9. The van der Waals surface area contributed by atoms with Crippen molar-refractivity contribution in [3.8, 4) is 22.4 Å². The highest BCUT2D eigenvalue weighted by Gasteiger charge is 2.22. The van der Waals surface area contributed by atoms with E-state index in [0.29, 0.717) is 5.92 Å². The molecular weight excluding hydrogens is 366 g/mol. The number of rotatable bonds is 3. The van der Waals surface area contributed by atoms with Gasteiger partial charge in [-0.2, -0.15) is 0 Å². The van der Waals surface area contributed by atoms with Crippen molar-refractivity contribution in [2.75, 3.05) is 0 Å². The minimum absolute atomic E-state index is 0.502. The highest BCUT2D eigenvalue weighted by molar-refractivity contribution is 6.13. The van der Waals surface area contributed by atoms with Crippen LogP contribution in [0.2, 0.25) is 0 Å². The van der Waals surface area contributed by atoms with Crippen LogP contribution in [0.25, 0.3) is 44.3 Å². The van der Waals surface area contributed by atoms with Crippen molar-refractivity contribution in [1.29, 1.82) is 0 Å². The van der Waals surface area contributed by atoms with Gasteiger partial charge in [0.2, 0.25) is 5.69 Å². The third-order valence-electron chi connectivity index (χ3n) is 6.04. The second-order valence-electron chi connectivity index (χ2n) is 8.40. The summed E-state index contributed by atoms with van der Waals surface area (Å²) in [6.45, 7) is 6.62. The summed E-state index contributed by atoms with van der Waals surface area (Å²) in [7, 11) is 2.12. The average molecular weight is 393 g/mol. The van der Waals surface area contributed by atoms with Gasteiger partial charge in [-0.1, -0.05) is 74.5 Å². The molecule has 2 heterocycles. The Morgan fingerprint density at radius 1 is 0.767 bits per heavy atom. The quantitative estimate of drug-likeness (QED) is 0.297. The molecule has 0 aliphatic rings. The minimum atomic E-state index is 0.502. The number of furan rings is 1. The maximum Gasteiger partial charge on any atom is 0.216 e. The highest BCUT2D eigenvalue weighted by Crippen LogP contribution is 2.40. The second-order valence-corrected chi connectivity index (χ2v) is 8.40. The van der Waals surface area contributed by atoms with E-state index in [9.17, 15) is 0 Å². The molecule has 0 N–H and O–H groups in total. The Labute approximate surface area is 177 Å². The van der Waals surface area contributed by atoms with Crippen LogP contribution >= 0.6 is 0 Å². The Morgan fingerprint density at radius 2 is 1.53 bits per heavy atom. The van der Waals surface area contributed by atoms with E-state index >= 15 is 0 Å². The van der Waals surface area contributed by atoms with Gasteiger partial charge in [0.15, 0.2) is 6.20 Å². The van der Waals surface area contributed by atoms with Gasteiger partial charge in [0.1, 0.15) is 18.2 Å². The van der Waals surface area contributed by atoms with Crippen LogP contribution in [0.1, 0.15) is 30.9 Å². The van der Waals surface area contributed by atoms with Crippen molar-refractivity contribution >= 4 is 21.9 Å². The van der Waals surface area contributed by atoms with Crippen LogP contribution in [0, 0.1) is 6.92 Å². The summed E-state index contributed by atoms with van der Waals surface area (Å²) in [5.41, 5.74) is 9.11. The van der Waals surface area contributed by atoms with Crippen LogP contribution in [0.4, 0.5) is 0 Å². The van der Waals surface area contributed by atoms with Gasteiger partial charge >= 0.3 is 0 Å². The van der Waals surface area contributed by atoms with E-state index in [2.05, 4.69) is 105 Å². The summed E-state index contributed by atoms with van der Waals surface area (Å²) in [5, 5.41) is 2.32. The van der Waals surface area contributed by atoms with Gasteiger partial charge < -0.3 is 4.42 Å². The molecule has 3 aromatic carbocycles. The summed E-state index contributed by atoms with van der Waals surface area (Å²) >= 11 is 0. The SMILES string of the molecule is Cc1ccc2c(oc3c(-c4ccccc4)cccc32)c1-c1ccc(C(C)C)c[n+]1C. The number of pyridine rings is 1. The Balaban J connectivity index is 1.81. The van der Waals surface area contributed by atoms with Crippen molar-refractivity contribution in [2.24, 2.45) is 7.05 Å². The van der Waals surface area contributed by atoms with Crippen LogP contribution in [-0.4, -0.2) is 0 Å². The molecule has 0 atom stereocenters. The van der Waals surface area contributed by atoms with E-state index in [-0.39, 0.29) is 0 Å². The molecular formula is C28H26NO+. The molecule has 2 nitrogen and oxygen atoms in total. The average Bonchev–Trinajstić information content (AvgIpc) is 3.13. The second kappa shape index (κ2) is 7.14. The van der Waals surface area contributed by atoms with E-state index in [1.165, 1.54) is 27.9 Å². The normalized spacial score (nSPS) is 11.6. The van der Waals surface area contributed by atoms with Crippen molar-refractivity contribution in [3.05, 3.63) is 90.1 Å². The number of hydrogen-bond donors (Lipinski definition) is 0. The molecule has 5 aromatic rings. The smallest absolute Gasteiger partial charge is 0.216 e. The lowest BCUT2D eigenvalue weighted by atomic mass is 9.98. The monoisotopic (exact) mass is 392 g/mol. The molecule has 0 bridgehead atoms. The van der Waals surface area contributed by atoms with Crippen molar-refractivity contribution in [3.63, 3.8) is 0 Å². The Bertz CT molecular complexity index is 1380. The zero-order valence-electron chi connectivity index (χ0n) is 17.9. The van der Waals surface area contributed by atoms with E-state index in [1.54, 1.807) is 0 Å². The number of nitrogens with zero attached hydrogens (tertiary/aromatic N) is 1. The fourth-order valence-corrected chi connectivity index (χ4v) is 4.35. The minimum Gasteiger partial charge on any atom is -0.454 e. The molecule has 30 heavy (non-hydrogen) atoms. The molecule has 2 aromatic heterocycles. The molecule has 0 saturated heterocycles. The standard InChI is InChI=1S/C28H26NO/c1-18(2)21-14-16-25(29(4)17-21)26-19(3)13-15-24-23-12-8-11-22(27(23)30-28(24)26)20-9-6-5-7-10-20/h5-18H,1-4H3/q+1. The van der Waals surface area contributed by atoms with E-state index in [4.69, 9.17) is 4.42 Å². The predicted octanol–water partition coefficient (Wildman–Crippen LogP) is 7.18. The Hall–Kier alpha value is -3.39. The van der Waals surface area contributed by atoms with Crippen molar-refractivity contribution in [1.82, 2.24) is 0 Å². The predicted molar refractivity (Wildman–Crippen MR) is 125 cm³/mol. The lowest BCUT2D eigenvalue weighted by Crippen LogP contribution is -2.31. The molecule has 0 radical (unpaired) electrons. The van der Waals surface area contributed by atoms with Crippen LogP contribution in [-0.2, 0) is 7.05 Å². The summed E-state index contributed by atoms with van der Waals surface area (Å²) in [5.74, 6) is 0.502.